The Bertz CT molecular complexity index is 1080. The summed E-state index contributed by atoms with van der Waals surface area (Å²) in [6.45, 7) is 3.83. The molecule has 0 spiro atoms. The van der Waals surface area contributed by atoms with E-state index >= 15 is 0 Å². The molecule has 1 aromatic heterocycles. The number of carbonyl (C=O) groups excluding carboxylic acids is 1. The lowest BCUT2D eigenvalue weighted by molar-refractivity contribution is -0.137. The number of fused-ring (bicyclic) bond motifs is 1. The van der Waals surface area contributed by atoms with Gasteiger partial charge in [-0.05, 0) is 62.3 Å². The van der Waals surface area contributed by atoms with Gasteiger partial charge in [-0.3, -0.25) is 4.79 Å². The van der Waals surface area contributed by atoms with Crippen LogP contribution >= 0.6 is 0 Å². The van der Waals surface area contributed by atoms with Gasteiger partial charge in [0.15, 0.2) is 0 Å². The van der Waals surface area contributed by atoms with Crippen LogP contribution in [0.15, 0.2) is 30.3 Å². The summed E-state index contributed by atoms with van der Waals surface area (Å²) in [6, 6.07) is 9.46. The van der Waals surface area contributed by atoms with Gasteiger partial charge < -0.3 is 9.80 Å². The topological polar surface area (TPSA) is 60.2 Å². The maximum absolute atomic E-state index is 13.6. The second-order valence-corrected chi connectivity index (χ2v) is 8.45. The molecule has 31 heavy (non-hydrogen) atoms. The van der Waals surface area contributed by atoms with E-state index in [2.05, 4.69) is 4.98 Å². The predicted molar refractivity (Wildman–Crippen MR) is 111 cm³/mol. The fourth-order valence-corrected chi connectivity index (χ4v) is 4.73. The normalized spacial score (nSPS) is 22.5. The molecule has 0 N–H and O–H groups in total. The third-order valence-corrected chi connectivity index (χ3v) is 6.44. The lowest BCUT2D eigenvalue weighted by Crippen LogP contribution is -2.49. The molecule has 1 saturated heterocycles. The van der Waals surface area contributed by atoms with E-state index < -0.39 is 23.3 Å². The number of aromatic nitrogens is 1. The fourth-order valence-electron chi connectivity index (χ4n) is 4.73. The molecule has 2 aromatic rings. The van der Waals surface area contributed by atoms with Crippen LogP contribution in [0, 0.1) is 37.0 Å². The number of carbonyl (C=O) groups is 1. The molecule has 2 fully saturated rings. The summed E-state index contributed by atoms with van der Waals surface area (Å²) in [5.41, 5.74) is 0.370. The van der Waals surface area contributed by atoms with Gasteiger partial charge in [-0.25, -0.2) is 4.98 Å². The van der Waals surface area contributed by atoms with Crippen molar-refractivity contribution in [3.05, 3.63) is 52.7 Å². The minimum atomic E-state index is -4.68. The Morgan fingerprint density at radius 2 is 2.00 bits per heavy atom. The first-order valence-corrected chi connectivity index (χ1v) is 10.2. The molecule has 5 nitrogen and oxygen atoms in total. The first-order valence-electron chi connectivity index (χ1n) is 10.2. The molecule has 162 valence electrons. The van der Waals surface area contributed by atoms with Crippen molar-refractivity contribution in [3.63, 3.8) is 0 Å². The molecular weight excluding hydrogens is 405 g/mol. The minimum Gasteiger partial charge on any atom is -0.343 e. The van der Waals surface area contributed by atoms with Crippen LogP contribution in [0.4, 0.5) is 24.7 Å². The van der Waals surface area contributed by atoms with Crippen molar-refractivity contribution in [3.8, 4) is 6.07 Å². The molecule has 3 atom stereocenters. The zero-order valence-corrected chi connectivity index (χ0v) is 17.6. The highest BCUT2D eigenvalue weighted by Crippen LogP contribution is 2.48. The highest BCUT2D eigenvalue weighted by Gasteiger charge is 2.52. The Morgan fingerprint density at radius 3 is 2.58 bits per heavy atom. The first-order chi connectivity index (χ1) is 14.6. The number of nitrogens with zero attached hydrogens (tertiary/aromatic N) is 4. The summed E-state index contributed by atoms with van der Waals surface area (Å²) in [6.07, 6.45) is -2.93. The molecule has 1 aliphatic heterocycles. The summed E-state index contributed by atoms with van der Waals surface area (Å²) < 4.78 is 40.9. The molecule has 1 amide bonds. The number of nitriles is 1. The van der Waals surface area contributed by atoms with Gasteiger partial charge in [-0.15, -0.1) is 0 Å². The van der Waals surface area contributed by atoms with Crippen LogP contribution in [0.1, 0.15) is 35.2 Å². The quantitative estimate of drug-likeness (QED) is 0.724. The molecule has 4 rings (SSSR count). The molecule has 0 radical (unpaired) electrons. The molecule has 2 heterocycles. The van der Waals surface area contributed by atoms with Crippen LogP contribution in [0.2, 0.25) is 0 Å². The van der Waals surface area contributed by atoms with Crippen LogP contribution in [0.3, 0.4) is 0 Å². The van der Waals surface area contributed by atoms with E-state index in [1.54, 1.807) is 22.9 Å². The zero-order valence-electron chi connectivity index (χ0n) is 17.6. The van der Waals surface area contributed by atoms with E-state index in [4.69, 9.17) is 0 Å². The average Bonchev–Trinajstić information content (AvgIpc) is 2.95. The minimum absolute atomic E-state index is 0.0415. The number of hydrogen-bond donors (Lipinski definition) is 0. The van der Waals surface area contributed by atoms with Crippen LogP contribution < -0.4 is 9.80 Å². The Morgan fingerprint density at radius 1 is 1.26 bits per heavy atom. The van der Waals surface area contributed by atoms with Crippen molar-refractivity contribution >= 4 is 17.4 Å². The van der Waals surface area contributed by atoms with Crippen molar-refractivity contribution in [2.75, 3.05) is 23.4 Å². The zero-order chi connectivity index (χ0) is 22.5. The number of aryl methyl sites for hydroxylation is 2. The van der Waals surface area contributed by atoms with Crippen molar-refractivity contribution in [1.82, 2.24) is 4.98 Å². The Kier molecular flexibility index (Phi) is 5.16. The molecular formula is C23H23F3N4O. The lowest BCUT2D eigenvalue weighted by Gasteiger charge is -2.35. The van der Waals surface area contributed by atoms with E-state index in [-0.39, 0.29) is 29.3 Å². The molecule has 1 aromatic carbocycles. The maximum Gasteiger partial charge on any atom is 0.417 e. The highest BCUT2D eigenvalue weighted by molar-refractivity contribution is 5.99. The number of anilines is 2. The van der Waals surface area contributed by atoms with Crippen molar-refractivity contribution in [2.45, 2.75) is 38.9 Å². The van der Waals surface area contributed by atoms with Crippen molar-refractivity contribution < 1.29 is 18.0 Å². The Hall–Kier alpha value is -3.08. The smallest absolute Gasteiger partial charge is 0.343 e. The Labute approximate surface area is 179 Å². The Balaban J connectivity index is 1.77. The van der Waals surface area contributed by atoms with Crippen LogP contribution in [-0.4, -0.2) is 30.5 Å². The fraction of sp³-hybridized carbons (Fsp3) is 0.435. The first kappa shape index (κ1) is 21.2. The van der Waals surface area contributed by atoms with Crippen LogP contribution in [-0.2, 0) is 11.0 Å². The van der Waals surface area contributed by atoms with E-state index in [1.165, 1.54) is 6.92 Å². The van der Waals surface area contributed by atoms with Gasteiger partial charge in [0.2, 0.25) is 5.91 Å². The van der Waals surface area contributed by atoms with Crippen LogP contribution in [0.5, 0.6) is 0 Å². The van der Waals surface area contributed by atoms with Gasteiger partial charge in [-0.2, -0.15) is 18.4 Å². The van der Waals surface area contributed by atoms with E-state index in [0.29, 0.717) is 6.54 Å². The number of benzene rings is 1. The molecule has 1 aliphatic carbocycles. The molecule has 1 saturated carbocycles. The summed E-state index contributed by atoms with van der Waals surface area (Å²) in [7, 11) is 1.68. The lowest BCUT2D eigenvalue weighted by atomic mass is 9.73. The van der Waals surface area contributed by atoms with E-state index in [1.807, 2.05) is 31.2 Å². The number of amides is 1. The molecule has 8 heteroatoms. The highest BCUT2D eigenvalue weighted by atomic mass is 19.4. The number of halogens is 3. The predicted octanol–water partition coefficient (Wildman–Crippen LogP) is 4.47. The van der Waals surface area contributed by atoms with Gasteiger partial charge in [0.1, 0.15) is 23.5 Å². The maximum atomic E-state index is 13.6. The molecule has 2 aliphatic rings. The summed E-state index contributed by atoms with van der Waals surface area (Å²) in [4.78, 5) is 21.0. The number of alkyl halides is 3. The third-order valence-electron chi connectivity index (χ3n) is 6.44. The monoisotopic (exact) mass is 428 g/mol. The third kappa shape index (κ3) is 3.62. The van der Waals surface area contributed by atoms with Gasteiger partial charge in [-0.1, -0.05) is 12.1 Å². The van der Waals surface area contributed by atoms with Gasteiger partial charge >= 0.3 is 6.18 Å². The van der Waals surface area contributed by atoms with E-state index in [0.717, 1.165) is 30.2 Å². The van der Waals surface area contributed by atoms with Crippen molar-refractivity contribution in [2.24, 2.45) is 11.8 Å². The summed E-state index contributed by atoms with van der Waals surface area (Å²) >= 11 is 0. The van der Waals surface area contributed by atoms with Gasteiger partial charge in [0.05, 0.1) is 5.56 Å². The summed E-state index contributed by atoms with van der Waals surface area (Å²) in [5.74, 6) is 0.0183. The van der Waals surface area contributed by atoms with Crippen LogP contribution in [0.25, 0.3) is 0 Å². The SMILES string of the molecule is Cc1cccc(N(C)C(=O)C2C3CCC3CN2c2nc(C)cc(C(F)(F)F)c2C#N)c1. The van der Waals surface area contributed by atoms with Gasteiger partial charge in [0.25, 0.3) is 0 Å². The molecule has 3 unspecified atom stereocenters. The number of hydrogen-bond acceptors (Lipinski definition) is 4. The second-order valence-electron chi connectivity index (χ2n) is 8.45. The largest absolute Gasteiger partial charge is 0.417 e. The number of pyridine rings is 1. The van der Waals surface area contributed by atoms with E-state index in [9.17, 15) is 23.2 Å². The standard InChI is InChI=1S/C23H23F3N4O/c1-13-5-4-6-16(9-13)29(3)22(31)20-17-8-7-15(17)12-30(20)21-18(11-27)19(23(24,25)26)10-14(2)28-21/h4-6,9-10,15,17,20H,7-8,12H2,1-3H3. The summed E-state index contributed by atoms with van der Waals surface area (Å²) in [5, 5.41) is 9.59. The number of likely N-dealkylation sites (N-methyl/N-ethyl adjacent to an activating group) is 1. The van der Waals surface area contributed by atoms with Gasteiger partial charge in [0, 0.05) is 25.0 Å². The second kappa shape index (κ2) is 7.56. The van der Waals surface area contributed by atoms with Crippen molar-refractivity contribution in [1.29, 1.82) is 5.26 Å². The number of rotatable bonds is 3. The molecule has 0 bridgehead atoms. The average molecular weight is 428 g/mol.